The predicted octanol–water partition coefficient (Wildman–Crippen LogP) is 4.87. The molecule has 1 aliphatic heterocycles. The van der Waals surface area contributed by atoms with E-state index in [1.807, 2.05) is 0 Å². The maximum Gasteiger partial charge on any atom is 0.266 e. The fourth-order valence-electron chi connectivity index (χ4n) is 3.15. The Morgan fingerprint density at radius 1 is 0.935 bits per heavy atom. The number of halogens is 2. The van der Waals surface area contributed by atoms with Crippen molar-refractivity contribution in [3.63, 3.8) is 0 Å². The van der Waals surface area contributed by atoms with Crippen molar-refractivity contribution in [3.05, 3.63) is 92.0 Å². The van der Waals surface area contributed by atoms with Crippen molar-refractivity contribution in [1.82, 2.24) is 5.32 Å². The minimum atomic E-state index is -0.447. The molecule has 3 aromatic rings. The second kappa shape index (κ2) is 8.74. The molecule has 0 saturated heterocycles. The summed E-state index contributed by atoms with van der Waals surface area (Å²) in [6, 6.07) is 18.4. The number of carbonyl (C=O) groups excluding carboxylic acids is 3. The van der Waals surface area contributed by atoms with Crippen LogP contribution in [0.4, 0.5) is 11.4 Å². The number of amides is 3. The number of nitrogens with zero attached hydrogens (tertiary/aromatic N) is 1. The molecule has 0 bridgehead atoms. The Morgan fingerprint density at radius 2 is 1.61 bits per heavy atom. The number of hydrogen-bond acceptors (Lipinski definition) is 4. The first kappa shape index (κ1) is 21.4. The van der Waals surface area contributed by atoms with Gasteiger partial charge in [0, 0.05) is 9.26 Å². The Balaban J connectivity index is 1.50. The van der Waals surface area contributed by atoms with Gasteiger partial charge in [-0.05, 0) is 83.3 Å². The highest BCUT2D eigenvalue weighted by atomic mass is 127. The summed E-state index contributed by atoms with van der Waals surface area (Å²) in [5, 5.41) is 5.84. The van der Waals surface area contributed by atoms with Crippen molar-refractivity contribution < 1.29 is 14.4 Å². The smallest absolute Gasteiger partial charge is 0.266 e. The van der Waals surface area contributed by atoms with Crippen molar-refractivity contribution in [3.8, 4) is 0 Å². The molecule has 0 fully saturated rings. The van der Waals surface area contributed by atoms with E-state index in [-0.39, 0.29) is 16.9 Å². The van der Waals surface area contributed by atoms with E-state index in [0.29, 0.717) is 33.1 Å². The number of fused-ring (bicyclic) bond motifs is 1. The van der Waals surface area contributed by atoms with Gasteiger partial charge in [-0.2, -0.15) is 0 Å². The normalized spacial score (nSPS) is 12.5. The highest BCUT2D eigenvalue weighted by Gasteiger charge is 2.36. The molecule has 1 aliphatic rings. The summed E-state index contributed by atoms with van der Waals surface area (Å²) in [4.78, 5) is 39.0. The van der Waals surface area contributed by atoms with E-state index in [9.17, 15) is 14.4 Å². The quantitative estimate of drug-likeness (QED) is 0.271. The van der Waals surface area contributed by atoms with Crippen LogP contribution in [0.25, 0.3) is 0 Å². The van der Waals surface area contributed by atoms with Gasteiger partial charge in [0.2, 0.25) is 0 Å². The van der Waals surface area contributed by atoms with Crippen LogP contribution in [0.1, 0.15) is 31.1 Å². The topological polar surface area (TPSA) is 78.5 Å². The highest BCUT2D eigenvalue weighted by Crippen LogP contribution is 2.29. The molecule has 2 N–H and O–H groups in total. The van der Waals surface area contributed by atoms with Gasteiger partial charge in [-0.15, -0.1) is 0 Å². The first-order valence-corrected chi connectivity index (χ1v) is 10.9. The zero-order valence-corrected chi connectivity index (χ0v) is 19.4. The van der Waals surface area contributed by atoms with E-state index >= 15 is 0 Å². The third-order valence-electron chi connectivity index (χ3n) is 4.56. The van der Waals surface area contributed by atoms with Crippen LogP contribution < -0.4 is 15.5 Å². The van der Waals surface area contributed by atoms with E-state index < -0.39 is 5.91 Å². The van der Waals surface area contributed by atoms with Gasteiger partial charge in [0.25, 0.3) is 17.7 Å². The molecule has 0 saturated carbocycles. The highest BCUT2D eigenvalue weighted by molar-refractivity contribution is 14.1. The summed E-state index contributed by atoms with van der Waals surface area (Å²) in [6.45, 7) is 0. The van der Waals surface area contributed by atoms with Gasteiger partial charge in [-0.3, -0.25) is 19.7 Å². The molecule has 6 nitrogen and oxygen atoms in total. The summed E-state index contributed by atoms with van der Waals surface area (Å²) < 4.78 is 0.861. The first-order chi connectivity index (χ1) is 14.8. The molecular weight excluding hydrogens is 549 g/mol. The number of carbonyl (C=O) groups is 3. The van der Waals surface area contributed by atoms with Crippen molar-refractivity contribution >= 4 is 80.6 Å². The van der Waals surface area contributed by atoms with Gasteiger partial charge in [-0.1, -0.05) is 29.8 Å². The third kappa shape index (κ3) is 4.32. The molecule has 4 rings (SSSR count). The predicted molar refractivity (Wildman–Crippen MR) is 132 cm³/mol. The zero-order valence-electron chi connectivity index (χ0n) is 15.7. The number of benzene rings is 3. The lowest BCUT2D eigenvalue weighted by atomic mass is 10.1. The number of thiocarbonyl (C=S) groups is 1. The number of nitrogens with one attached hydrogen (secondary N) is 2. The van der Waals surface area contributed by atoms with E-state index in [1.54, 1.807) is 66.7 Å². The van der Waals surface area contributed by atoms with Crippen molar-refractivity contribution in [2.45, 2.75) is 0 Å². The molecule has 0 unspecified atom stereocenters. The van der Waals surface area contributed by atoms with Crippen LogP contribution in [0.5, 0.6) is 0 Å². The summed E-state index contributed by atoms with van der Waals surface area (Å²) in [5.41, 5.74) is 1.93. The summed E-state index contributed by atoms with van der Waals surface area (Å²) in [6.07, 6.45) is 0. The second-order valence-electron chi connectivity index (χ2n) is 6.57. The van der Waals surface area contributed by atoms with Crippen LogP contribution >= 0.6 is 46.4 Å². The van der Waals surface area contributed by atoms with Crippen molar-refractivity contribution in [2.75, 3.05) is 10.2 Å². The van der Waals surface area contributed by atoms with Crippen molar-refractivity contribution in [1.29, 1.82) is 0 Å². The second-order valence-corrected chi connectivity index (χ2v) is 8.64. The van der Waals surface area contributed by atoms with Crippen LogP contribution in [0.2, 0.25) is 5.02 Å². The first-order valence-electron chi connectivity index (χ1n) is 9.00. The van der Waals surface area contributed by atoms with Crippen LogP contribution in [-0.2, 0) is 0 Å². The molecule has 0 spiro atoms. The van der Waals surface area contributed by atoms with Gasteiger partial charge in [-0.25, -0.2) is 4.90 Å². The summed E-state index contributed by atoms with van der Waals surface area (Å²) in [5.74, 6) is -1.22. The van der Waals surface area contributed by atoms with Gasteiger partial charge in [0.05, 0.1) is 27.4 Å². The molecule has 0 aliphatic carbocycles. The SMILES string of the molecule is O=C(NC(=S)Nc1cccc(N2C(=O)c3ccccc3C2=O)c1)c1cc(I)ccc1Cl. The van der Waals surface area contributed by atoms with Gasteiger partial charge in [0.1, 0.15) is 0 Å². The Morgan fingerprint density at radius 3 is 2.29 bits per heavy atom. The Kier molecular flexibility index (Phi) is 6.03. The minimum absolute atomic E-state index is 0.0550. The monoisotopic (exact) mass is 561 g/mol. The number of rotatable bonds is 3. The molecule has 1 heterocycles. The van der Waals surface area contributed by atoms with Gasteiger partial charge >= 0.3 is 0 Å². The van der Waals surface area contributed by atoms with Crippen LogP contribution in [0, 0.1) is 3.57 Å². The van der Waals surface area contributed by atoms with E-state index in [0.717, 1.165) is 8.47 Å². The third-order valence-corrected chi connectivity index (χ3v) is 5.76. The summed E-state index contributed by atoms with van der Waals surface area (Å²) in [7, 11) is 0. The van der Waals surface area contributed by atoms with Crippen LogP contribution in [-0.4, -0.2) is 22.8 Å². The Labute approximate surface area is 201 Å². The zero-order chi connectivity index (χ0) is 22.1. The Hall–Kier alpha value is -2.82. The number of anilines is 2. The molecule has 3 aromatic carbocycles. The van der Waals surface area contributed by atoms with Crippen molar-refractivity contribution in [2.24, 2.45) is 0 Å². The molecule has 0 aromatic heterocycles. The van der Waals surface area contributed by atoms with Crippen LogP contribution in [0.15, 0.2) is 66.7 Å². The van der Waals surface area contributed by atoms with Crippen LogP contribution in [0.3, 0.4) is 0 Å². The number of hydrogen-bond donors (Lipinski definition) is 2. The fraction of sp³-hybridized carbons (Fsp3) is 0. The average molecular weight is 562 g/mol. The van der Waals surface area contributed by atoms with E-state index in [1.165, 1.54) is 0 Å². The molecule has 0 radical (unpaired) electrons. The largest absolute Gasteiger partial charge is 0.332 e. The Bertz CT molecular complexity index is 1230. The lowest BCUT2D eigenvalue weighted by Crippen LogP contribution is -2.34. The lowest BCUT2D eigenvalue weighted by Gasteiger charge is -2.16. The molecular formula is C22H13ClIN3O3S. The molecule has 31 heavy (non-hydrogen) atoms. The maximum atomic E-state index is 12.7. The maximum absolute atomic E-state index is 12.7. The van der Waals surface area contributed by atoms with E-state index in [2.05, 4.69) is 33.2 Å². The molecule has 0 atom stereocenters. The van der Waals surface area contributed by atoms with E-state index in [4.69, 9.17) is 23.8 Å². The average Bonchev–Trinajstić information content (AvgIpc) is 3.00. The molecule has 9 heteroatoms. The lowest BCUT2D eigenvalue weighted by molar-refractivity contribution is 0.0924. The van der Waals surface area contributed by atoms with Gasteiger partial charge < -0.3 is 5.32 Å². The van der Waals surface area contributed by atoms with Gasteiger partial charge in [0.15, 0.2) is 5.11 Å². The molecule has 154 valence electrons. The fourth-order valence-corrected chi connectivity index (χ4v) is 4.06. The number of imide groups is 1. The minimum Gasteiger partial charge on any atom is -0.332 e. The summed E-state index contributed by atoms with van der Waals surface area (Å²) >= 11 is 13.4. The molecule has 3 amide bonds. The standard InChI is InChI=1S/C22H13ClIN3O3S/c23-18-9-8-12(24)10-17(18)19(28)26-22(31)25-13-4-3-5-14(11-13)27-20(29)15-6-1-2-7-16(15)21(27)30/h1-11H,(H2,25,26,28,31).